The lowest BCUT2D eigenvalue weighted by atomic mass is 10.1. The molecular weight excluding hydrogens is 419 g/mol. The van der Waals surface area contributed by atoms with Crippen molar-refractivity contribution in [3.05, 3.63) is 57.6 Å². The van der Waals surface area contributed by atoms with Crippen molar-refractivity contribution >= 4 is 46.8 Å². The highest BCUT2D eigenvalue weighted by atomic mass is 35.5. The van der Waals surface area contributed by atoms with Crippen LogP contribution in [0, 0.1) is 0 Å². The van der Waals surface area contributed by atoms with Gasteiger partial charge < -0.3 is 14.8 Å². The minimum atomic E-state index is -0.273. The van der Waals surface area contributed by atoms with Crippen LogP contribution in [-0.4, -0.2) is 38.1 Å². The lowest BCUT2D eigenvalue weighted by Gasteiger charge is -2.12. The molecule has 1 N–H and O–H groups in total. The lowest BCUT2D eigenvalue weighted by molar-refractivity contribution is -0.114. The standard InChI is InChI=1S/C20H22Cl2N2O3S/c1-4-27-17-8-5-13(11-18(17)26-2)9-10-23-20(25)19(24-28-3)14-6-7-15(21)16(22)12-14/h5-8,11-12H,4,9-10H2,1-3H3,(H,23,25)/b24-19-. The average molecular weight is 441 g/mol. The van der Waals surface area contributed by atoms with E-state index in [1.165, 1.54) is 11.9 Å². The topological polar surface area (TPSA) is 59.9 Å². The molecule has 0 fully saturated rings. The largest absolute Gasteiger partial charge is 0.493 e. The fourth-order valence-corrected chi connectivity index (χ4v) is 3.18. The number of ether oxygens (including phenoxy) is 2. The number of carbonyl (C=O) groups excluding carboxylic acids is 1. The Morgan fingerprint density at radius 1 is 1.14 bits per heavy atom. The summed E-state index contributed by atoms with van der Waals surface area (Å²) in [6.45, 7) is 2.94. The van der Waals surface area contributed by atoms with Gasteiger partial charge in [0.1, 0.15) is 5.71 Å². The van der Waals surface area contributed by atoms with E-state index in [1.54, 1.807) is 31.6 Å². The molecule has 0 aliphatic rings. The molecule has 0 spiro atoms. The maximum absolute atomic E-state index is 12.6. The third kappa shape index (κ3) is 6.06. The summed E-state index contributed by atoms with van der Waals surface area (Å²) in [6.07, 6.45) is 2.43. The number of amides is 1. The summed E-state index contributed by atoms with van der Waals surface area (Å²) in [5.74, 6) is 1.10. The van der Waals surface area contributed by atoms with E-state index in [9.17, 15) is 4.79 Å². The first-order valence-electron chi connectivity index (χ1n) is 8.64. The number of halogens is 2. The van der Waals surface area contributed by atoms with Crippen LogP contribution in [0.4, 0.5) is 0 Å². The molecular formula is C20H22Cl2N2O3S. The molecule has 5 nitrogen and oxygen atoms in total. The van der Waals surface area contributed by atoms with Crippen molar-refractivity contribution in [3.63, 3.8) is 0 Å². The summed E-state index contributed by atoms with van der Waals surface area (Å²) in [7, 11) is 1.60. The van der Waals surface area contributed by atoms with E-state index in [-0.39, 0.29) is 5.91 Å². The maximum Gasteiger partial charge on any atom is 0.271 e. The van der Waals surface area contributed by atoms with Crippen LogP contribution in [0.3, 0.4) is 0 Å². The minimum Gasteiger partial charge on any atom is -0.493 e. The average Bonchev–Trinajstić information content (AvgIpc) is 2.69. The normalized spacial score (nSPS) is 11.2. The number of methoxy groups -OCH3 is 1. The number of nitrogens with zero attached hydrogens (tertiary/aromatic N) is 1. The Labute approximate surface area is 179 Å². The zero-order valence-electron chi connectivity index (χ0n) is 15.9. The third-order valence-electron chi connectivity index (χ3n) is 3.82. The van der Waals surface area contributed by atoms with E-state index in [1.807, 2.05) is 25.1 Å². The molecule has 2 aromatic carbocycles. The van der Waals surface area contributed by atoms with E-state index >= 15 is 0 Å². The monoisotopic (exact) mass is 440 g/mol. The molecule has 1 amide bonds. The molecule has 0 saturated carbocycles. The molecule has 0 aliphatic heterocycles. The summed E-state index contributed by atoms with van der Waals surface area (Å²) in [6, 6.07) is 10.7. The zero-order chi connectivity index (χ0) is 20.5. The highest BCUT2D eigenvalue weighted by molar-refractivity contribution is 7.97. The molecule has 150 valence electrons. The van der Waals surface area contributed by atoms with Gasteiger partial charge in [-0.3, -0.25) is 4.79 Å². The van der Waals surface area contributed by atoms with Crippen molar-refractivity contribution < 1.29 is 14.3 Å². The van der Waals surface area contributed by atoms with E-state index in [4.69, 9.17) is 32.7 Å². The quantitative estimate of drug-likeness (QED) is 0.448. The van der Waals surface area contributed by atoms with Crippen LogP contribution < -0.4 is 14.8 Å². The first-order valence-corrected chi connectivity index (χ1v) is 10.6. The Bertz CT molecular complexity index is 859. The van der Waals surface area contributed by atoms with Gasteiger partial charge in [0.2, 0.25) is 0 Å². The van der Waals surface area contributed by atoms with Gasteiger partial charge in [-0.2, -0.15) is 0 Å². The minimum absolute atomic E-state index is 0.273. The van der Waals surface area contributed by atoms with Crippen molar-refractivity contribution in [2.24, 2.45) is 4.40 Å². The summed E-state index contributed by atoms with van der Waals surface area (Å²) < 4.78 is 15.1. The highest BCUT2D eigenvalue weighted by Gasteiger charge is 2.15. The van der Waals surface area contributed by atoms with Crippen LogP contribution in [0.15, 0.2) is 40.8 Å². The second-order valence-electron chi connectivity index (χ2n) is 5.68. The number of carbonyl (C=O) groups is 1. The Balaban J connectivity index is 2.03. The molecule has 0 atom stereocenters. The maximum atomic E-state index is 12.6. The summed E-state index contributed by atoms with van der Waals surface area (Å²) in [5, 5.41) is 3.70. The molecule has 8 heteroatoms. The summed E-state index contributed by atoms with van der Waals surface area (Å²) >= 11 is 13.2. The van der Waals surface area contributed by atoms with Gasteiger partial charge >= 0.3 is 0 Å². The van der Waals surface area contributed by atoms with Crippen LogP contribution in [0.5, 0.6) is 11.5 Å². The highest BCUT2D eigenvalue weighted by Crippen LogP contribution is 2.28. The number of hydrogen-bond donors (Lipinski definition) is 1. The van der Waals surface area contributed by atoms with Crippen molar-refractivity contribution in [3.8, 4) is 11.5 Å². The molecule has 0 unspecified atom stereocenters. The van der Waals surface area contributed by atoms with Gasteiger partial charge in [0.15, 0.2) is 11.5 Å². The molecule has 0 aromatic heterocycles. The molecule has 0 saturated heterocycles. The molecule has 0 radical (unpaired) electrons. The van der Waals surface area contributed by atoms with E-state index in [0.29, 0.717) is 52.4 Å². The first kappa shape index (κ1) is 22.4. The molecule has 0 bridgehead atoms. The van der Waals surface area contributed by atoms with E-state index in [2.05, 4.69) is 9.71 Å². The third-order valence-corrected chi connectivity index (χ3v) is 4.92. The van der Waals surface area contributed by atoms with Crippen LogP contribution >= 0.6 is 35.1 Å². The van der Waals surface area contributed by atoms with E-state index < -0.39 is 0 Å². The summed E-state index contributed by atoms with van der Waals surface area (Å²) in [5.41, 5.74) is 1.94. The zero-order valence-corrected chi connectivity index (χ0v) is 18.2. The van der Waals surface area contributed by atoms with Crippen LogP contribution in [0.1, 0.15) is 18.1 Å². The number of benzene rings is 2. The van der Waals surface area contributed by atoms with Gasteiger partial charge in [-0.1, -0.05) is 35.3 Å². The molecule has 0 heterocycles. The Hall–Kier alpha value is -1.89. The van der Waals surface area contributed by atoms with Gasteiger partial charge in [0.05, 0.1) is 23.8 Å². The predicted molar refractivity (Wildman–Crippen MR) is 117 cm³/mol. The van der Waals surface area contributed by atoms with Crippen molar-refractivity contribution in [2.75, 3.05) is 26.5 Å². The fourth-order valence-electron chi connectivity index (χ4n) is 2.51. The number of rotatable bonds is 9. The first-order chi connectivity index (χ1) is 13.5. The van der Waals surface area contributed by atoms with Gasteiger partial charge in [0, 0.05) is 18.4 Å². The SMILES string of the molecule is CCOc1ccc(CCNC(=O)/C(=N\SC)c2ccc(Cl)c(Cl)c2)cc1OC. The van der Waals surface area contributed by atoms with Crippen LogP contribution in [0.25, 0.3) is 0 Å². The fraction of sp³-hybridized carbons (Fsp3) is 0.300. The Kier molecular flexibility index (Phi) is 8.96. The molecule has 2 rings (SSSR count). The van der Waals surface area contributed by atoms with Gasteiger partial charge in [-0.15, -0.1) is 0 Å². The van der Waals surface area contributed by atoms with Crippen molar-refractivity contribution in [2.45, 2.75) is 13.3 Å². The second-order valence-corrected chi connectivity index (χ2v) is 7.04. The molecule has 0 aliphatic carbocycles. The second kappa shape index (κ2) is 11.2. The van der Waals surface area contributed by atoms with Crippen molar-refractivity contribution in [1.29, 1.82) is 0 Å². The summed E-state index contributed by atoms with van der Waals surface area (Å²) in [4.78, 5) is 12.6. The Morgan fingerprint density at radius 3 is 2.57 bits per heavy atom. The van der Waals surface area contributed by atoms with E-state index in [0.717, 1.165) is 5.56 Å². The predicted octanol–water partition coefficient (Wildman–Crippen LogP) is 4.83. The number of nitrogens with one attached hydrogen (secondary N) is 1. The Morgan fingerprint density at radius 2 is 1.93 bits per heavy atom. The van der Waals surface area contributed by atoms with Crippen molar-refractivity contribution in [1.82, 2.24) is 5.32 Å². The van der Waals surface area contributed by atoms with Crippen LogP contribution in [-0.2, 0) is 11.2 Å². The van der Waals surface area contributed by atoms with Gasteiger partial charge in [-0.25, -0.2) is 4.40 Å². The van der Waals surface area contributed by atoms with Gasteiger partial charge in [0.25, 0.3) is 5.91 Å². The smallest absolute Gasteiger partial charge is 0.271 e. The molecule has 2 aromatic rings. The van der Waals surface area contributed by atoms with Gasteiger partial charge in [-0.05, 0) is 55.1 Å². The van der Waals surface area contributed by atoms with Crippen LogP contribution in [0.2, 0.25) is 10.0 Å². The number of hydrogen-bond acceptors (Lipinski definition) is 5. The lowest BCUT2D eigenvalue weighted by Crippen LogP contribution is -2.33. The molecule has 28 heavy (non-hydrogen) atoms.